The maximum absolute atomic E-state index is 12.3. The van der Waals surface area contributed by atoms with Gasteiger partial charge >= 0.3 is 12.2 Å². The van der Waals surface area contributed by atoms with Crippen LogP contribution >= 0.6 is 0 Å². The summed E-state index contributed by atoms with van der Waals surface area (Å²) in [5, 5.41) is 2.86. The minimum absolute atomic E-state index is 0.112. The van der Waals surface area contributed by atoms with Gasteiger partial charge in [0.25, 0.3) is 0 Å². The predicted molar refractivity (Wildman–Crippen MR) is 89.9 cm³/mol. The van der Waals surface area contributed by atoms with Gasteiger partial charge in [-0.15, -0.1) is 0 Å². The molecule has 0 heterocycles. The van der Waals surface area contributed by atoms with Crippen molar-refractivity contribution in [3.63, 3.8) is 0 Å². The Bertz CT molecular complexity index is 488. The van der Waals surface area contributed by atoms with E-state index in [1.54, 1.807) is 31.2 Å². The number of hydrogen-bond donors (Lipinski definition) is 1. The molecule has 2 amide bonds. The molecular formula is C17H26N2O4. The van der Waals surface area contributed by atoms with E-state index in [0.29, 0.717) is 11.4 Å². The quantitative estimate of drug-likeness (QED) is 0.573. The Morgan fingerprint density at radius 3 is 2.30 bits per heavy atom. The molecule has 0 aliphatic rings. The largest absolute Gasteiger partial charge is 0.513 e. The second kappa shape index (κ2) is 10.5. The monoisotopic (exact) mass is 322 g/mol. The molecule has 0 saturated carbocycles. The highest BCUT2D eigenvalue weighted by Crippen LogP contribution is 2.17. The van der Waals surface area contributed by atoms with Crippen LogP contribution in [0.2, 0.25) is 0 Å². The van der Waals surface area contributed by atoms with Crippen LogP contribution in [0, 0.1) is 0 Å². The Labute approximate surface area is 137 Å². The van der Waals surface area contributed by atoms with Crippen LogP contribution in [-0.2, 0) is 4.74 Å². The summed E-state index contributed by atoms with van der Waals surface area (Å²) in [6.45, 7) is 7.60. The summed E-state index contributed by atoms with van der Waals surface area (Å²) in [5.41, 5.74) is 0.656. The summed E-state index contributed by atoms with van der Waals surface area (Å²) in [4.78, 5) is 25.3. The fraction of sp³-hybridized carbons (Fsp3) is 0.529. The molecule has 0 spiro atoms. The van der Waals surface area contributed by atoms with E-state index in [-0.39, 0.29) is 12.6 Å². The van der Waals surface area contributed by atoms with E-state index < -0.39 is 6.16 Å². The van der Waals surface area contributed by atoms with Crippen molar-refractivity contribution >= 4 is 17.9 Å². The molecular weight excluding hydrogens is 296 g/mol. The lowest BCUT2D eigenvalue weighted by Crippen LogP contribution is -2.36. The van der Waals surface area contributed by atoms with Gasteiger partial charge in [-0.25, -0.2) is 9.59 Å². The van der Waals surface area contributed by atoms with Crippen molar-refractivity contribution < 1.29 is 19.1 Å². The average molecular weight is 322 g/mol. The highest BCUT2D eigenvalue weighted by Gasteiger charge is 2.12. The standard InChI is InChI=1S/C17H26N2O4/c1-4-7-13-19(12-5-2)16(20)18-14-8-10-15(11-9-14)23-17(21)22-6-3/h8-11H,4-7,12-13H2,1-3H3,(H,18,20). The lowest BCUT2D eigenvalue weighted by molar-refractivity contribution is 0.104. The first kappa shape index (κ1) is 18.8. The number of carbonyl (C=O) groups excluding carboxylic acids is 2. The molecule has 0 aliphatic carbocycles. The lowest BCUT2D eigenvalue weighted by atomic mass is 10.3. The molecule has 0 aliphatic heterocycles. The number of nitrogens with one attached hydrogen (secondary N) is 1. The van der Waals surface area contributed by atoms with Crippen molar-refractivity contribution in [2.75, 3.05) is 25.0 Å². The third-order valence-corrected chi connectivity index (χ3v) is 3.13. The molecule has 0 radical (unpaired) electrons. The van der Waals surface area contributed by atoms with Crippen LogP contribution in [0.1, 0.15) is 40.0 Å². The number of benzene rings is 1. The third kappa shape index (κ3) is 7.04. The fourth-order valence-electron chi connectivity index (χ4n) is 1.99. The molecule has 1 rings (SSSR count). The summed E-state index contributed by atoms with van der Waals surface area (Å²) in [5.74, 6) is 0.373. The van der Waals surface area contributed by atoms with Crippen molar-refractivity contribution in [1.29, 1.82) is 0 Å². The molecule has 1 aromatic rings. The lowest BCUT2D eigenvalue weighted by Gasteiger charge is -2.22. The van der Waals surface area contributed by atoms with E-state index >= 15 is 0 Å². The van der Waals surface area contributed by atoms with Crippen LogP contribution in [0.25, 0.3) is 0 Å². The van der Waals surface area contributed by atoms with Gasteiger partial charge < -0.3 is 19.7 Å². The number of urea groups is 1. The Hall–Kier alpha value is -2.24. The number of hydrogen-bond acceptors (Lipinski definition) is 4. The van der Waals surface area contributed by atoms with E-state index in [0.717, 1.165) is 32.4 Å². The molecule has 0 saturated heterocycles. The highest BCUT2D eigenvalue weighted by molar-refractivity contribution is 5.89. The number of amides is 2. The SMILES string of the molecule is CCCCN(CCC)C(=O)Nc1ccc(OC(=O)OCC)cc1. The van der Waals surface area contributed by atoms with E-state index in [4.69, 9.17) is 9.47 Å². The normalized spacial score (nSPS) is 10.0. The summed E-state index contributed by atoms with van der Waals surface area (Å²) in [6.07, 6.45) is 2.22. The Kier molecular flexibility index (Phi) is 8.57. The van der Waals surface area contributed by atoms with E-state index in [2.05, 4.69) is 12.2 Å². The molecule has 6 nitrogen and oxygen atoms in total. The van der Waals surface area contributed by atoms with Gasteiger partial charge in [0.2, 0.25) is 0 Å². The van der Waals surface area contributed by atoms with Gasteiger partial charge in [-0.05, 0) is 44.0 Å². The van der Waals surface area contributed by atoms with Gasteiger partial charge in [-0.1, -0.05) is 20.3 Å². The van der Waals surface area contributed by atoms with Gasteiger partial charge in [-0.3, -0.25) is 0 Å². The maximum atomic E-state index is 12.3. The minimum atomic E-state index is -0.738. The Balaban J connectivity index is 2.58. The van der Waals surface area contributed by atoms with Crippen molar-refractivity contribution in [2.24, 2.45) is 0 Å². The Morgan fingerprint density at radius 2 is 1.74 bits per heavy atom. The number of nitrogens with zero attached hydrogens (tertiary/aromatic N) is 1. The summed E-state index contributed by atoms with van der Waals surface area (Å²) in [7, 11) is 0. The highest BCUT2D eigenvalue weighted by atomic mass is 16.7. The van der Waals surface area contributed by atoms with Crippen LogP contribution in [0.15, 0.2) is 24.3 Å². The predicted octanol–water partition coefficient (Wildman–Crippen LogP) is 4.27. The molecule has 6 heteroatoms. The van der Waals surface area contributed by atoms with E-state index in [1.165, 1.54) is 0 Å². The molecule has 23 heavy (non-hydrogen) atoms. The number of unbranched alkanes of at least 4 members (excludes halogenated alkanes) is 1. The van der Waals surface area contributed by atoms with Gasteiger partial charge in [0.1, 0.15) is 5.75 Å². The van der Waals surface area contributed by atoms with E-state index in [1.807, 2.05) is 11.8 Å². The van der Waals surface area contributed by atoms with Gasteiger partial charge in [0.05, 0.1) is 6.61 Å². The zero-order valence-corrected chi connectivity index (χ0v) is 14.1. The molecule has 1 N–H and O–H groups in total. The van der Waals surface area contributed by atoms with Crippen molar-refractivity contribution in [1.82, 2.24) is 4.90 Å². The average Bonchev–Trinajstić information content (AvgIpc) is 2.53. The van der Waals surface area contributed by atoms with Crippen LogP contribution in [0.5, 0.6) is 5.75 Å². The Morgan fingerprint density at radius 1 is 1.04 bits per heavy atom. The first-order valence-electron chi connectivity index (χ1n) is 8.11. The molecule has 128 valence electrons. The zero-order valence-electron chi connectivity index (χ0n) is 14.1. The molecule has 1 aromatic carbocycles. The number of anilines is 1. The van der Waals surface area contributed by atoms with Crippen molar-refractivity contribution in [3.05, 3.63) is 24.3 Å². The van der Waals surface area contributed by atoms with Crippen molar-refractivity contribution in [2.45, 2.75) is 40.0 Å². The summed E-state index contributed by atoms with van der Waals surface area (Å²) < 4.78 is 9.67. The van der Waals surface area contributed by atoms with E-state index in [9.17, 15) is 9.59 Å². The first-order chi connectivity index (χ1) is 11.1. The summed E-state index contributed by atoms with van der Waals surface area (Å²) >= 11 is 0. The van der Waals surface area contributed by atoms with Crippen LogP contribution in [0.4, 0.5) is 15.3 Å². The number of carbonyl (C=O) groups is 2. The van der Waals surface area contributed by atoms with Crippen LogP contribution in [-0.4, -0.2) is 36.8 Å². The molecule has 0 fully saturated rings. The van der Waals surface area contributed by atoms with Crippen molar-refractivity contribution in [3.8, 4) is 5.75 Å². The second-order valence-electron chi connectivity index (χ2n) is 5.08. The summed E-state index contributed by atoms with van der Waals surface area (Å²) in [6, 6.07) is 6.50. The van der Waals surface area contributed by atoms with Crippen LogP contribution in [0.3, 0.4) is 0 Å². The fourth-order valence-corrected chi connectivity index (χ4v) is 1.99. The smallest absolute Gasteiger partial charge is 0.434 e. The molecule has 0 unspecified atom stereocenters. The second-order valence-corrected chi connectivity index (χ2v) is 5.08. The molecule has 0 bridgehead atoms. The van der Waals surface area contributed by atoms with Gasteiger partial charge in [0.15, 0.2) is 0 Å². The minimum Gasteiger partial charge on any atom is -0.434 e. The van der Waals surface area contributed by atoms with Gasteiger partial charge in [0, 0.05) is 18.8 Å². The third-order valence-electron chi connectivity index (χ3n) is 3.13. The topological polar surface area (TPSA) is 67.9 Å². The number of ether oxygens (including phenoxy) is 2. The van der Waals surface area contributed by atoms with Gasteiger partial charge in [-0.2, -0.15) is 0 Å². The zero-order chi connectivity index (χ0) is 17.1. The first-order valence-corrected chi connectivity index (χ1v) is 8.11. The molecule has 0 atom stereocenters. The number of rotatable bonds is 8. The van der Waals surface area contributed by atoms with Crippen LogP contribution < -0.4 is 10.1 Å². The molecule has 0 aromatic heterocycles. The maximum Gasteiger partial charge on any atom is 0.513 e.